The van der Waals surface area contributed by atoms with Gasteiger partial charge in [0.25, 0.3) is 0 Å². The smallest absolute Gasteiger partial charge is 0.407 e. The maximum atomic E-state index is 11.6. The number of rotatable bonds is 4. The molecule has 0 atom stereocenters. The van der Waals surface area contributed by atoms with Gasteiger partial charge in [-0.1, -0.05) is 42.2 Å². The van der Waals surface area contributed by atoms with E-state index in [4.69, 9.17) is 4.74 Å². The molecule has 0 aliphatic rings. The number of aromatic nitrogens is 3. The van der Waals surface area contributed by atoms with Gasteiger partial charge in [0.1, 0.15) is 17.6 Å². The van der Waals surface area contributed by atoms with Crippen molar-refractivity contribution in [2.24, 2.45) is 0 Å². The molecule has 6 heteroatoms. The molecule has 0 fully saturated rings. The van der Waals surface area contributed by atoms with Gasteiger partial charge in [0.2, 0.25) is 0 Å². The van der Waals surface area contributed by atoms with Gasteiger partial charge in [-0.3, -0.25) is 0 Å². The van der Waals surface area contributed by atoms with Crippen molar-refractivity contribution in [3.63, 3.8) is 0 Å². The normalized spacial score (nSPS) is 10.0. The van der Waals surface area contributed by atoms with Gasteiger partial charge < -0.3 is 10.1 Å². The van der Waals surface area contributed by atoms with Crippen molar-refractivity contribution in [3.05, 3.63) is 59.7 Å². The molecule has 0 aliphatic carbocycles. The molecule has 120 valence electrons. The fourth-order valence-electron chi connectivity index (χ4n) is 2.08. The molecule has 3 aromatic rings. The highest BCUT2D eigenvalue weighted by molar-refractivity contribution is 5.75. The molecule has 1 heterocycles. The number of carbonyl (C=O) groups is 1. The number of H-pyrrole nitrogens is 1. The van der Waals surface area contributed by atoms with Crippen molar-refractivity contribution >= 4 is 17.1 Å². The summed E-state index contributed by atoms with van der Waals surface area (Å²) in [6.45, 7) is 0.697. The maximum Gasteiger partial charge on any atom is 0.407 e. The molecule has 2 aromatic carbocycles. The Balaban J connectivity index is 1.39. The van der Waals surface area contributed by atoms with E-state index in [-0.39, 0.29) is 6.61 Å². The summed E-state index contributed by atoms with van der Waals surface area (Å²) in [5, 5.41) is 13.2. The fourth-order valence-corrected chi connectivity index (χ4v) is 2.08. The summed E-state index contributed by atoms with van der Waals surface area (Å²) in [5.41, 5.74) is 3.41. The fraction of sp³-hybridized carbons (Fsp3) is 0.167. The number of alkyl carbamates (subject to hydrolysis) is 1. The zero-order valence-electron chi connectivity index (χ0n) is 13.0. The Hall–Kier alpha value is -3.33. The Morgan fingerprint density at radius 2 is 1.96 bits per heavy atom. The summed E-state index contributed by atoms with van der Waals surface area (Å²) >= 11 is 0. The average molecular weight is 320 g/mol. The highest BCUT2D eigenvalue weighted by Gasteiger charge is 2.01. The molecule has 0 saturated heterocycles. The van der Waals surface area contributed by atoms with Crippen LogP contribution in [-0.2, 0) is 11.3 Å². The van der Waals surface area contributed by atoms with E-state index in [0.717, 1.165) is 22.2 Å². The van der Waals surface area contributed by atoms with Crippen molar-refractivity contribution in [3.8, 4) is 11.8 Å². The molecule has 0 aliphatic heterocycles. The maximum absolute atomic E-state index is 11.6. The van der Waals surface area contributed by atoms with Gasteiger partial charge in [0, 0.05) is 18.5 Å². The molecule has 0 saturated carbocycles. The summed E-state index contributed by atoms with van der Waals surface area (Å²) in [6, 6.07) is 15.2. The molecule has 0 bridgehead atoms. The van der Waals surface area contributed by atoms with E-state index >= 15 is 0 Å². The second-order valence-electron chi connectivity index (χ2n) is 5.07. The largest absolute Gasteiger partial charge is 0.445 e. The van der Waals surface area contributed by atoms with E-state index in [0.29, 0.717) is 13.0 Å². The highest BCUT2D eigenvalue weighted by Crippen LogP contribution is 2.09. The van der Waals surface area contributed by atoms with Crippen LogP contribution in [0.25, 0.3) is 11.0 Å². The predicted octanol–water partition coefficient (Wildman–Crippen LogP) is 2.63. The first-order valence-electron chi connectivity index (χ1n) is 7.55. The van der Waals surface area contributed by atoms with Crippen LogP contribution in [-0.4, -0.2) is 28.0 Å². The third-order valence-corrected chi connectivity index (χ3v) is 3.28. The highest BCUT2D eigenvalue weighted by atomic mass is 16.5. The molecular formula is C18H16N4O2. The second-order valence-corrected chi connectivity index (χ2v) is 5.07. The Bertz CT molecular complexity index is 878. The number of amides is 1. The van der Waals surface area contributed by atoms with Crippen LogP contribution >= 0.6 is 0 Å². The summed E-state index contributed by atoms with van der Waals surface area (Å²) in [5.74, 6) is 6.04. The molecule has 6 nitrogen and oxygen atoms in total. The summed E-state index contributed by atoms with van der Waals surface area (Å²) in [4.78, 5) is 11.6. The Kier molecular flexibility index (Phi) is 5.05. The van der Waals surface area contributed by atoms with Crippen molar-refractivity contribution in [1.82, 2.24) is 20.7 Å². The SMILES string of the molecule is O=C(NCCC#Cc1ccc2n[nH]nc2c1)OCc1ccccc1. The summed E-state index contributed by atoms with van der Waals surface area (Å²) in [7, 11) is 0. The molecule has 2 N–H and O–H groups in total. The van der Waals surface area contributed by atoms with Crippen LogP contribution < -0.4 is 5.32 Å². The number of nitrogens with one attached hydrogen (secondary N) is 2. The molecule has 0 unspecified atom stereocenters. The van der Waals surface area contributed by atoms with E-state index in [2.05, 4.69) is 32.6 Å². The van der Waals surface area contributed by atoms with Crippen LogP contribution in [0.15, 0.2) is 48.5 Å². The van der Waals surface area contributed by atoms with Crippen LogP contribution in [0.1, 0.15) is 17.5 Å². The van der Waals surface area contributed by atoms with Gasteiger partial charge in [-0.05, 0) is 23.8 Å². The van der Waals surface area contributed by atoms with Gasteiger partial charge in [-0.25, -0.2) is 4.79 Å². The lowest BCUT2D eigenvalue weighted by molar-refractivity contribution is 0.140. The van der Waals surface area contributed by atoms with E-state index < -0.39 is 6.09 Å². The number of benzene rings is 2. The van der Waals surface area contributed by atoms with Gasteiger partial charge in [0.05, 0.1) is 0 Å². The van der Waals surface area contributed by atoms with Gasteiger partial charge in [-0.2, -0.15) is 15.4 Å². The Labute approximate surface area is 139 Å². The Morgan fingerprint density at radius 3 is 2.83 bits per heavy atom. The first-order valence-corrected chi connectivity index (χ1v) is 7.55. The zero-order valence-corrected chi connectivity index (χ0v) is 13.0. The Morgan fingerprint density at radius 1 is 1.12 bits per heavy atom. The first kappa shape index (κ1) is 15.6. The van der Waals surface area contributed by atoms with Crippen LogP contribution in [0.2, 0.25) is 0 Å². The van der Waals surface area contributed by atoms with Crippen molar-refractivity contribution in [1.29, 1.82) is 0 Å². The third kappa shape index (κ3) is 4.34. The van der Waals surface area contributed by atoms with Crippen molar-refractivity contribution < 1.29 is 9.53 Å². The molecule has 3 rings (SSSR count). The van der Waals surface area contributed by atoms with E-state index in [1.807, 2.05) is 48.5 Å². The third-order valence-electron chi connectivity index (χ3n) is 3.28. The lowest BCUT2D eigenvalue weighted by atomic mass is 10.2. The number of nitrogens with zero attached hydrogens (tertiary/aromatic N) is 2. The quantitative estimate of drug-likeness (QED) is 0.572. The number of hydrogen-bond donors (Lipinski definition) is 2. The van der Waals surface area contributed by atoms with Gasteiger partial charge in [-0.15, -0.1) is 0 Å². The molecule has 0 spiro atoms. The summed E-state index contributed by atoms with van der Waals surface area (Å²) in [6.07, 6.45) is 0.0989. The molecule has 1 amide bonds. The van der Waals surface area contributed by atoms with E-state index in [1.165, 1.54) is 0 Å². The molecule has 1 aromatic heterocycles. The number of hydrogen-bond acceptors (Lipinski definition) is 4. The lowest BCUT2D eigenvalue weighted by Crippen LogP contribution is -2.24. The van der Waals surface area contributed by atoms with E-state index in [1.54, 1.807) is 0 Å². The molecule has 0 radical (unpaired) electrons. The van der Waals surface area contributed by atoms with Crippen molar-refractivity contribution in [2.75, 3.05) is 6.54 Å². The predicted molar refractivity (Wildman–Crippen MR) is 90.0 cm³/mol. The van der Waals surface area contributed by atoms with Crippen molar-refractivity contribution in [2.45, 2.75) is 13.0 Å². The molecule has 24 heavy (non-hydrogen) atoms. The van der Waals surface area contributed by atoms with Crippen LogP contribution in [0.4, 0.5) is 4.79 Å². The topological polar surface area (TPSA) is 79.9 Å². The standard InChI is InChI=1S/C18H16N4O2/c23-18(24-13-15-7-2-1-3-8-15)19-11-5-4-6-14-9-10-16-17(12-14)21-22-20-16/h1-3,7-10,12H,5,11,13H2,(H,19,23)(H,20,21,22). The minimum absolute atomic E-state index is 0.260. The number of carbonyl (C=O) groups excluding carboxylic acids is 1. The van der Waals surface area contributed by atoms with Gasteiger partial charge in [0.15, 0.2) is 0 Å². The second kappa shape index (κ2) is 7.79. The van der Waals surface area contributed by atoms with Crippen LogP contribution in [0.5, 0.6) is 0 Å². The zero-order chi connectivity index (χ0) is 16.6. The van der Waals surface area contributed by atoms with Gasteiger partial charge >= 0.3 is 6.09 Å². The average Bonchev–Trinajstić information content (AvgIpc) is 3.08. The van der Waals surface area contributed by atoms with Crippen LogP contribution in [0.3, 0.4) is 0 Å². The first-order chi connectivity index (χ1) is 11.8. The summed E-state index contributed by atoms with van der Waals surface area (Å²) < 4.78 is 5.12. The minimum atomic E-state index is -0.440. The number of ether oxygens (including phenoxy) is 1. The van der Waals surface area contributed by atoms with Crippen LogP contribution in [0, 0.1) is 11.8 Å². The lowest BCUT2D eigenvalue weighted by Gasteiger charge is -2.05. The number of fused-ring (bicyclic) bond motifs is 1. The minimum Gasteiger partial charge on any atom is -0.445 e. The van der Waals surface area contributed by atoms with E-state index in [9.17, 15) is 4.79 Å². The monoisotopic (exact) mass is 320 g/mol. The molecular weight excluding hydrogens is 304 g/mol. The number of aromatic amines is 1.